The van der Waals surface area contributed by atoms with Gasteiger partial charge in [0.15, 0.2) is 6.61 Å². The Balaban J connectivity index is 1.92. The Morgan fingerprint density at radius 2 is 1.68 bits per heavy atom. The van der Waals surface area contributed by atoms with Gasteiger partial charge in [-0.1, -0.05) is 25.4 Å². The lowest BCUT2D eigenvalue weighted by atomic mass is 10.1. The van der Waals surface area contributed by atoms with E-state index in [0.29, 0.717) is 22.0 Å². The van der Waals surface area contributed by atoms with Crippen molar-refractivity contribution in [1.29, 1.82) is 0 Å². The Bertz CT molecular complexity index is 800. The van der Waals surface area contributed by atoms with Crippen molar-refractivity contribution in [3.8, 4) is 5.75 Å². The molecule has 0 unspecified atom stereocenters. The molecule has 0 aliphatic rings. The molecule has 0 saturated heterocycles. The van der Waals surface area contributed by atoms with Gasteiger partial charge in [0.1, 0.15) is 5.75 Å². The number of ether oxygens (including phenoxy) is 1. The van der Waals surface area contributed by atoms with Crippen molar-refractivity contribution < 1.29 is 14.3 Å². The number of anilines is 1. The van der Waals surface area contributed by atoms with E-state index in [1.54, 1.807) is 42.5 Å². The summed E-state index contributed by atoms with van der Waals surface area (Å²) >= 11 is 5.91. The zero-order valence-corrected chi connectivity index (χ0v) is 17.4. The van der Waals surface area contributed by atoms with Gasteiger partial charge >= 0.3 is 0 Å². The number of carbonyl (C=O) groups is 2. The number of aryl methyl sites for hydroxylation is 1. The number of carbonyl (C=O) groups excluding carboxylic acids is 2. The smallest absolute Gasteiger partial charge is 0.262 e. The molecule has 5 nitrogen and oxygen atoms in total. The first-order valence-electron chi connectivity index (χ1n) is 9.52. The fourth-order valence-corrected chi connectivity index (χ4v) is 3.08. The van der Waals surface area contributed by atoms with E-state index in [9.17, 15) is 9.59 Å². The summed E-state index contributed by atoms with van der Waals surface area (Å²) in [4.78, 5) is 26.6. The molecule has 0 fully saturated rings. The number of amides is 2. The molecule has 150 valence electrons. The molecular formula is C22H27ClN2O3. The summed E-state index contributed by atoms with van der Waals surface area (Å²) in [6.45, 7) is 7.36. The topological polar surface area (TPSA) is 58.6 Å². The van der Waals surface area contributed by atoms with Crippen LogP contribution in [0, 0.1) is 6.92 Å². The molecule has 0 aliphatic carbocycles. The predicted molar refractivity (Wildman–Crippen MR) is 113 cm³/mol. The number of rotatable bonds is 9. The van der Waals surface area contributed by atoms with Gasteiger partial charge in [0.05, 0.1) is 0 Å². The first kappa shape index (κ1) is 21.8. The lowest BCUT2D eigenvalue weighted by Crippen LogP contribution is -2.32. The Morgan fingerprint density at radius 1 is 1.04 bits per heavy atom. The molecule has 2 aromatic rings. The molecule has 0 atom stereocenters. The van der Waals surface area contributed by atoms with E-state index in [2.05, 4.69) is 19.2 Å². The zero-order chi connectivity index (χ0) is 20.5. The van der Waals surface area contributed by atoms with E-state index < -0.39 is 0 Å². The van der Waals surface area contributed by atoms with E-state index in [1.165, 1.54) is 0 Å². The summed E-state index contributed by atoms with van der Waals surface area (Å²) in [5, 5.41) is 3.40. The van der Waals surface area contributed by atoms with Gasteiger partial charge in [0.25, 0.3) is 11.8 Å². The number of hydrogen-bond acceptors (Lipinski definition) is 3. The predicted octanol–water partition coefficient (Wildman–Crippen LogP) is 4.93. The normalized spacial score (nSPS) is 10.4. The Hall–Kier alpha value is -2.53. The SMILES string of the molecule is CCCN(CCC)C(=O)c1ccc(NC(=O)COc2ccc(Cl)cc2C)cc1. The molecular weight excluding hydrogens is 376 g/mol. The quantitative estimate of drug-likeness (QED) is 0.647. The van der Waals surface area contributed by atoms with Gasteiger partial charge in [-0.25, -0.2) is 0 Å². The maximum atomic E-state index is 12.6. The van der Waals surface area contributed by atoms with Crippen LogP contribution in [0.4, 0.5) is 5.69 Å². The highest BCUT2D eigenvalue weighted by Gasteiger charge is 2.14. The third-order valence-corrected chi connectivity index (χ3v) is 4.42. The number of halogens is 1. The van der Waals surface area contributed by atoms with Crippen molar-refractivity contribution in [3.63, 3.8) is 0 Å². The molecule has 0 aromatic heterocycles. The van der Waals surface area contributed by atoms with Crippen LogP contribution in [0.2, 0.25) is 5.02 Å². The van der Waals surface area contributed by atoms with Gasteiger partial charge < -0.3 is 15.0 Å². The van der Waals surface area contributed by atoms with Crippen LogP contribution in [0.3, 0.4) is 0 Å². The lowest BCUT2D eigenvalue weighted by Gasteiger charge is -2.21. The number of nitrogens with one attached hydrogen (secondary N) is 1. The van der Waals surface area contributed by atoms with Crippen LogP contribution < -0.4 is 10.1 Å². The molecule has 1 N–H and O–H groups in total. The van der Waals surface area contributed by atoms with Gasteiger partial charge in [-0.2, -0.15) is 0 Å². The van der Waals surface area contributed by atoms with E-state index >= 15 is 0 Å². The Morgan fingerprint density at radius 3 is 2.25 bits per heavy atom. The molecule has 28 heavy (non-hydrogen) atoms. The van der Waals surface area contributed by atoms with E-state index in [1.807, 2.05) is 11.8 Å². The molecule has 2 rings (SSSR count). The number of nitrogens with zero attached hydrogens (tertiary/aromatic N) is 1. The first-order chi connectivity index (χ1) is 13.4. The second-order valence-electron chi connectivity index (χ2n) is 6.62. The highest BCUT2D eigenvalue weighted by Crippen LogP contribution is 2.21. The van der Waals surface area contributed by atoms with E-state index in [0.717, 1.165) is 31.5 Å². The average Bonchev–Trinajstić information content (AvgIpc) is 2.67. The third-order valence-electron chi connectivity index (χ3n) is 4.19. The molecule has 2 aromatic carbocycles. The van der Waals surface area contributed by atoms with Gasteiger partial charge in [-0.15, -0.1) is 0 Å². The summed E-state index contributed by atoms with van der Waals surface area (Å²) in [5.74, 6) is 0.363. The Kier molecular flexibility index (Phi) is 8.33. The van der Waals surface area contributed by atoms with Crippen LogP contribution in [0.5, 0.6) is 5.75 Å². The van der Waals surface area contributed by atoms with Crippen molar-refractivity contribution in [2.75, 3.05) is 25.0 Å². The number of benzene rings is 2. The maximum Gasteiger partial charge on any atom is 0.262 e. The molecule has 0 spiro atoms. The fourth-order valence-electron chi connectivity index (χ4n) is 2.85. The van der Waals surface area contributed by atoms with Crippen LogP contribution in [0.15, 0.2) is 42.5 Å². The summed E-state index contributed by atoms with van der Waals surface area (Å²) < 4.78 is 5.54. The van der Waals surface area contributed by atoms with Gasteiger partial charge in [-0.05, 0) is 67.8 Å². The minimum Gasteiger partial charge on any atom is -0.483 e. The first-order valence-corrected chi connectivity index (χ1v) is 9.90. The molecule has 6 heteroatoms. The van der Waals surface area contributed by atoms with E-state index in [4.69, 9.17) is 16.3 Å². The second-order valence-corrected chi connectivity index (χ2v) is 7.05. The molecule has 0 radical (unpaired) electrons. The minimum atomic E-state index is -0.271. The van der Waals surface area contributed by atoms with Crippen LogP contribution in [0.1, 0.15) is 42.6 Å². The van der Waals surface area contributed by atoms with Gasteiger partial charge in [-0.3, -0.25) is 9.59 Å². The molecule has 0 bridgehead atoms. The molecule has 0 heterocycles. The van der Waals surface area contributed by atoms with Crippen LogP contribution in [-0.2, 0) is 4.79 Å². The second kappa shape index (κ2) is 10.7. The van der Waals surface area contributed by atoms with Crippen LogP contribution >= 0.6 is 11.6 Å². The highest BCUT2D eigenvalue weighted by atomic mass is 35.5. The van der Waals surface area contributed by atoms with Crippen LogP contribution in [0.25, 0.3) is 0 Å². The lowest BCUT2D eigenvalue weighted by molar-refractivity contribution is -0.118. The van der Waals surface area contributed by atoms with E-state index in [-0.39, 0.29) is 18.4 Å². The van der Waals surface area contributed by atoms with Crippen molar-refractivity contribution in [3.05, 3.63) is 58.6 Å². The van der Waals surface area contributed by atoms with Crippen molar-refractivity contribution in [2.45, 2.75) is 33.6 Å². The highest BCUT2D eigenvalue weighted by molar-refractivity contribution is 6.30. The van der Waals surface area contributed by atoms with Crippen molar-refractivity contribution in [1.82, 2.24) is 4.90 Å². The molecule has 0 aliphatic heterocycles. The monoisotopic (exact) mass is 402 g/mol. The standard InChI is InChI=1S/C22H27ClN2O3/c1-4-12-25(13-5-2)22(27)17-6-9-19(10-7-17)24-21(26)15-28-20-11-8-18(23)14-16(20)3/h6-11,14H,4-5,12-13,15H2,1-3H3,(H,24,26). The van der Waals surface area contributed by atoms with Crippen molar-refractivity contribution in [2.24, 2.45) is 0 Å². The largest absolute Gasteiger partial charge is 0.483 e. The summed E-state index contributed by atoms with van der Waals surface area (Å²) in [5.41, 5.74) is 2.11. The maximum absolute atomic E-state index is 12.6. The minimum absolute atomic E-state index is 0.0168. The fraction of sp³-hybridized carbons (Fsp3) is 0.364. The van der Waals surface area contributed by atoms with Gasteiger partial charge in [0, 0.05) is 29.4 Å². The van der Waals surface area contributed by atoms with Crippen LogP contribution in [-0.4, -0.2) is 36.4 Å². The third kappa shape index (κ3) is 6.27. The summed E-state index contributed by atoms with van der Waals surface area (Å²) in [6, 6.07) is 12.2. The zero-order valence-electron chi connectivity index (χ0n) is 16.6. The average molecular weight is 403 g/mol. The summed E-state index contributed by atoms with van der Waals surface area (Å²) in [6.07, 6.45) is 1.85. The molecule has 0 saturated carbocycles. The summed E-state index contributed by atoms with van der Waals surface area (Å²) in [7, 11) is 0. The number of hydrogen-bond donors (Lipinski definition) is 1. The molecule has 2 amide bonds. The Labute approximate surface area is 171 Å². The van der Waals surface area contributed by atoms with Gasteiger partial charge in [0.2, 0.25) is 0 Å². The van der Waals surface area contributed by atoms with Crippen molar-refractivity contribution >= 4 is 29.1 Å².